The molecular weight excluding hydrogens is 424 g/mol. The van der Waals surface area contributed by atoms with Crippen molar-refractivity contribution in [3.63, 3.8) is 0 Å². The predicted octanol–water partition coefficient (Wildman–Crippen LogP) is 5.31. The van der Waals surface area contributed by atoms with Crippen molar-refractivity contribution in [2.24, 2.45) is 4.99 Å². The van der Waals surface area contributed by atoms with Gasteiger partial charge in [0.05, 0.1) is 12.8 Å². The number of aromatic nitrogens is 1. The zero-order valence-electron chi connectivity index (χ0n) is 15.5. The van der Waals surface area contributed by atoms with Gasteiger partial charge >= 0.3 is 0 Å². The number of carbonyl (C=O) groups is 1. The van der Waals surface area contributed by atoms with Crippen molar-refractivity contribution >= 4 is 33.2 Å². The average molecular weight is 445 g/mol. The molecule has 2 aromatic carbocycles. The molecule has 1 aromatic heterocycles. The van der Waals surface area contributed by atoms with Crippen LogP contribution in [0.5, 0.6) is 5.75 Å². The van der Waals surface area contributed by atoms with Crippen molar-refractivity contribution in [1.29, 1.82) is 0 Å². The molecule has 140 valence electrons. The average Bonchev–Trinajstić information content (AvgIpc) is 3.05. The number of methoxy groups -OCH3 is 1. The molecule has 27 heavy (non-hydrogen) atoms. The maximum atomic E-state index is 12.7. The molecule has 0 aliphatic carbocycles. The molecule has 0 radical (unpaired) electrons. The zero-order valence-corrected chi connectivity index (χ0v) is 17.9. The van der Waals surface area contributed by atoms with Gasteiger partial charge in [-0.3, -0.25) is 4.79 Å². The lowest BCUT2D eigenvalue weighted by Crippen LogP contribution is -2.17. The van der Waals surface area contributed by atoms with Gasteiger partial charge in [0.2, 0.25) is 0 Å². The molecular formula is C21H21BrN2O2S. The first-order chi connectivity index (χ1) is 13.1. The molecule has 4 nitrogen and oxygen atoms in total. The number of nitrogens with zero attached hydrogens (tertiary/aromatic N) is 2. The van der Waals surface area contributed by atoms with Gasteiger partial charge in [-0.2, -0.15) is 4.99 Å². The predicted molar refractivity (Wildman–Crippen MR) is 113 cm³/mol. The highest BCUT2D eigenvalue weighted by atomic mass is 79.9. The smallest absolute Gasteiger partial charge is 0.279 e. The molecule has 6 heteroatoms. The van der Waals surface area contributed by atoms with Crippen LogP contribution in [0.15, 0.2) is 58.0 Å². The van der Waals surface area contributed by atoms with Gasteiger partial charge in [0.1, 0.15) is 5.75 Å². The van der Waals surface area contributed by atoms with E-state index in [2.05, 4.69) is 51.5 Å². The Balaban J connectivity index is 2.11. The van der Waals surface area contributed by atoms with Crippen LogP contribution in [0, 0.1) is 0 Å². The summed E-state index contributed by atoms with van der Waals surface area (Å²) in [7, 11) is 1.59. The second-order valence-electron chi connectivity index (χ2n) is 5.91. The van der Waals surface area contributed by atoms with Crippen molar-refractivity contribution in [2.75, 3.05) is 7.11 Å². The van der Waals surface area contributed by atoms with Crippen LogP contribution in [-0.2, 0) is 13.0 Å². The van der Waals surface area contributed by atoms with Gasteiger partial charge in [0, 0.05) is 21.5 Å². The fourth-order valence-corrected chi connectivity index (χ4v) is 4.32. The zero-order chi connectivity index (χ0) is 19.4. The van der Waals surface area contributed by atoms with E-state index in [1.54, 1.807) is 36.6 Å². The lowest BCUT2D eigenvalue weighted by molar-refractivity contribution is 0.0997. The number of hydrogen-bond acceptors (Lipinski definition) is 3. The van der Waals surface area contributed by atoms with Crippen molar-refractivity contribution < 1.29 is 9.53 Å². The molecule has 1 heterocycles. The summed E-state index contributed by atoms with van der Waals surface area (Å²) in [4.78, 5) is 19.1. The number of rotatable bonds is 5. The van der Waals surface area contributed by atoms with Crippen LogP contribution in [0.4, 0.5) is 0 Å². The summed E-state index contributed by atoms with van der Waals surface area (Å²) in [6.07, 6.45) is 0.888. The molecule has 0 aliphatic rings. The van der Waals surface area contributed by atoms with E-state index in [1.165, 1.54) is 4.88 Å². The summed E-state index contributed by atoms with van der Waals surface area (Å²) in [6, 6.07) is 15.3. The third kappa shape index (κ3) is 4.22. The number of thiazole rings is 1. The highest BCUT2D eigenvalue weighted by molar-refractivity contribution is 9.10. The molecule has 0 unspecified atom stereocenters. The van der Waals surface area contributed by atoms with E-state index in [0.717, 1.165) is 33.5 Å². The third-order valence-corrected chi connectivity index (χ3v) is 6.00. The molecule has 0 saturated heterocycles. The standard InChI is InChI=1S/C21H21BrN2O2S/c1-4-18-19(14-9-11-16(22)12-10-14)24(5-2)21(27-18)23-20(25)15-7-6-8-17(13-15)26-3/h6-13H,4-5H2,1-3H3. The minimum absolute atomic E-state index is 0.262. The van der Waals surface area contributed by atoms with Crippen LogP contribution in [-0.4, -0.2) is 17.6 Å². The van der Waals surface area contributed by atoms with Gasteiger partial charge in [-0.15, -0.1) is 11.3 Å². The molecule has 0 atom stereocenters. The van der Waals surface area contributed by atoms with Crippen molar-refractivity contribution in [1.82, 2.24) is 4.57 Å². The Hall–Kier alpha value is -2.18. The first-order valence-electron chi connectivity index (χ1n) is 8.78. The maximum absolute atomic E-state index is 12.7. The van der Waals surface area contributed by atoms with Crippen LogP contribution in [0.25, 0.3) is 11.3 Å². The molecule has 0 spiro atoms. The van der Waals surface area contributed by atoms with E-state index in [0.29, 0.717) is 11.3 Å². The molecule has 3 aromatic rings. The lowest BCUT2D eigenvalue weighted by Gasteiger charge is -2.08. The van der Waals surface area contributed by atoms with Gasteiger partial charge in [-0.1, -0.05) is 41.1 Å². The van der Waals surface area contributed by atoms with Gasteiger partial charge in [-0.05, 0) is 49.2 Å². The highest BCUT2D eigenvalue weighted by Gasteiger charge is 2.15. The van der Waals surface area contributed by atoms with Crippen LogP contribution in [0.1, 0.15) is 29.1 Å². The molecule has 0 saturated carbocycles. The summed E-state index contributed by atoms with van der Waals surface area (Å²) < 4.78 is 8.37. The van der Waals surface area contributed by atoms with E-state index in [4.69, 9.17) is 4.74 Å². The normalized spacial score (nSPS) is 11.6. The number of benzene rings is 2. The largest absolute Gasteiger partial charge is 0.497 e. The van der Waals surface area contributed by atoms with Gasteiger partial charge in [0.25, 0.3) is 5.91 Å². The van der Waals surface area contributed by atoms with Gasteiger partial charge in [0.15, 0.2) is 4.80 Å². The quantitative estimate of drug-likeness (QED) is 0.534. The monoisotopic (exact) mass is 444 g/mol. The number of halogens is 1. The Labute approximate surface area is 171 Å². The highest BCUT2D eigenvalue weighted by Crippen LogP contribution is 2.28. The molecule has 0 aliphatic heterocycles. The van der Waals surface area contributed by atoms with E-state index < -0.39 is 0 Å². The minimum atomic E-state index is -0.262. The fraction of sp³-hybridized carbons (Fsp3) is 0.238. The lowest BCUT2D eigenvalue weighted by atomic mass is 10.1. The number of aryl methyl sites for hydroxylation is 1. The Bertz CT molecular complexity index is 1020. The Morgan fingerprint density at radius 3 is 2.56 bits per heavy atom. The second-order valence-corrected chi connectivity index (χ2v) is 7.89. The Morgan fingerprint density at radius 1 is 1.19 bits per heavy atom. The number of ether oxygens (including phenoxy) is 1. The topological polar surface area (TPSA) is 43.6 Å². The van der Waals surface area contributed by atoms with Crippen LogP contribution in [0.3, 0.4) is 0 Å². The van der Waals surface area contributed by atoms with Crippen molar-refractivity contribution in [3.8, 4) is 17.0 Å². The summed E-state index contributed by atoms with van der Waals surface area (Å²) >= 11 is 5.06. The summed E-state index contributed by atoms with van der Waals surface area (Å²) in [5.41, 5.74) is 2.78. The maximum Gasteiger partial charge on any atom is 0.279 e. The third-order valence-electron chi connectivity index (χ3n) is 4.25. The minimum Gasteiger partial charge on any atom is -0.497 e. The van der Waals surface area contributed by atoms with Crippen LogP contribution >= 0.6 is 27.3 Å². The van der Waals surface area contributed by atoms with Gasteiger partial charge in [-0.25, -0.2) is 0 Å². The van der Waals surface area contributed by atoms with Crippen LogP contribution < -0.4 is 9.54 Å². The van der Waals surface area contributed by atoms with E-state index in [9.17, 15) is 4.79 Å². The molecule has 0 bridgehead atoms. The van der Waals surface area contributed by atoms with Crippen molar-refractivity contribution in [3.05, 3.63) is 68.2 Å². The number of amides is 1. The molecule has 0 fully saturated rings. The summed E-state index contributed by atoms with van der Waals surface area (Å²) in [5.74, 6) is 0.387. The van der Waals surface area contributed by atoms with Gasteiger partial charge < -0.3 is 9.30 Å². The number of hydrogen-bond donors (Lipinski definition) is 0. The first kappa shape index (κ1) is 19.6. The first-order valence-corrected chi connectivity index (χ1v) is 10.4. The fourth-order valence-electron chi connectivity index (χ4n) is 2.91. The van der Waals surface area contributed by atoms with Crippen molar-refractivity contribution in [2.45, 2.75) is 26.8 Å². The Kier molecular flexibility index (Phi) is 6.29. The molecule has 3 rings (SSSR count). The van der Waals surface area contributed by atoms with E-state index in [-0.39, 0.29) is 5.91 Å². The Morgan fingerprint density at radius 2 is 1.93 bits per heavy atom. The molecule has 0 N–H and O–H groups in total. The molecule has 1 amide bonds. The summed E-state index contributed by atoms with van der Waals surface area (Å²) in [5, 5.41) is 0. The van der Waals surface area contributed by atoms with Crippen LogP contribution in [0.2, 0.25) is 0 Å². The summed E-state index contributed by atoms with van der Waals surface area (Å²) in [6.45, 7) is 4.94. The van der Waals surface area contributed by atoms with E-state index >= 15 is 0 Å². The van der Waals surface area contributed by atoms with E-state index in [1.807, 2.05) is 18.2 Å². The number of carbonyl (C=O) groups excluding carboxylic acids is 1. The SMILES string of the molecule is CCc1sc(=NC(=O)c2cccc(OC)c2)n(CC)c1-c1ccc(Br)cc1. The second kappa shape index (κ2) is 8.67.